The summed E-state index contributed by atoms with van der Waals surface area (Å²) in [5.74, 6) is -1.20. The van der Waals surface area contributed by atoms with E-state index >= 15 is 4.39 Å². The summed E-state index contributed by atoms with van der Waals surface area (Å²) in [6.07, 6.45) is -1.54. The summed E-state index contributed by atoms with van der Waals surface area (Å²) in [6.45, 7) is 2.49. The number of imide groups is 1. The van der Waals surface area contributed by atoms with Gasteiger partial charge in [-0.05, 0) is 29.7 Å². The third kappa shape index (κ3) is 5.92. The number of benzene rings is 4. The number of hydrogen-bond donors (Lipinski definition) is 1. The lowest BCUT2D eigenvalue weighted by Crippen LogP contribution is -2.52. The Morgan fingerprint density at radius 3 is 1.85 bits per heavy atom. The molecule has 1 aliphatic heterocycles. The van der Waals surface area contributed by atoms with Crippen LogP contribution in [-0.2, 0) is 17.9 Å². The van der Waals surface area contributed by atoms with E-state index in [0.29, 0.717) is 13.1 Å². The highest BCUT2D eigenvalue weighted by molar-refractivity contribution is 5.99. The molecule has 0 aromatic heterocycles. The Labute approximate surface area is 240 Å². The Bertz CT molecular complexity index is 1430. The van der Waals surface area contributed by atoms with Crippen molar-refractivity contribution in [1.82, 2.24) is 14.7 Å². The van der Waals surface area contributed by atoms with E-state index in [-0.39, 0.29) is 11.6 Å². The van der Waals surface area contributed by atoms with E-state index < -0.39 is 35.9 Å². The number of hydrogen-bond acceptors (Lipinski definition) is 4. The molecule has 3 amide bonds. The van der Waals surface area contributed by atoms with Gasteiger partial charge in [-0.3, -0.25) is 14.6 Å². The summed E-state index contributed by atoms with van der Waals surface area (Å²) in [5, 5.41) is 11.8. The van der Waals surface area contributed by atoms with Gasteiger partial charge in [-0.25, -0.2) is 9.18 Å². The van der Waals surface area contributed by atoms with Crippen molar-refractivity contribution < 1.29 is 19.1 Å². The van der Waals surface area contributed by atoms with Gasteiger partial charge in [0.25, 0.3) is 5.91 Å². The van der Waals surface area contributed by atoms with E-state index in [0.717, 1.165) is 16.7 Å². The van der Waals surface area contributed by atoms with E-state index in [1.807, 2.05) is 103 Å². The van der Waals surface area contributed by atoms with Gasteiger partial charge >= 0.3 is 6.03 Å². The lowest BCUT2D eigenvalue weighted by Gasteiger charge is -2.37. The molecule has 0 spiro atoms. The lowest BCUT2D eigenvalue weighted by atomic mass is 9.95. The average Bonchev–Trinajstić information content (AvgIpc) is 3.22. The van der Waals surface area contributed by atoms with Crippen LogP contribution in [0.15, 0.2) is 115 Å². The molecule has 7 heteroatoms. The van der Waals surface area contributed by atoms with Crippen LogP contribution in [0.1, 0.15) is 41.3 Å². The highest BCUT2D eigenvalue weighted by atomic mass is 19.1. The van der Waals surface area contributed by atoms with Crippen LogP contribution in [0.3, 0.4) is 0 Å². The van der Waals surface area contributed by atoms with Crippen molar-refractivity contribution in [2.75, 3.05) is 7.05 Å². The van der Waals surface area contributed by atoms with Crippen molar-refractivity contribution in [2.45, 2.75) is 44.2 Å². The first-order valence-electron chi connectivity index (χ1n) is 13.8. The van der Waals surface area contributed by atoms with Crippen molar-refractivity contribution in [1.29, 1.82) is 0 Å². The highest BCUT2D eigenvalue weighted by Crippen LogP contribution is 2.37. The Morgan fingerprint density at radius 2 is 1.32 bits per heavy atom. The quantitative estimate of drug-likeness (QED) is 0.279. The molecule has 0 unspecified atom stereocenters. The van der Waals surface area contributed by atoms with E-state index in [4.69, 9.17) is 0 Å². The van der Waals surface area contributed by atoms with Crippen LogP contribution in [0.25, 0.3) is 0 Å². The maximum Gasteiger partial charge on any atom is 0.327 e. The fourth-order valence-corrected chi connectivity index (χ4v) is 5.61. The molecule has 1 fully saturated rings. The second kappa shape index (κ2) is 12.5. The predicted octanol–water partition coefficient (Wildman–Crippen LogP) is 5.95. The monoisotopic (exact) mass is 551 g/mol. The number of urea groups is 1. The third-order valence-corrected chi connectivity index (χ3v) is 7.86. The number of aliphatic hydroxyl groups excluding tert-OH is 1. The zero-order valence-corrected chi connectivity index (χ0v) is 23.2. The molecule has 6 nitrogen and oxygen atoms in total. The lowest BCUT2D eigenvalue weighted by molar-refractivity contribution is -0.140. The molecule has 5 rings (SSSR count). The smallest absolute Gasteiger partial charge is 0.327 e. The van der Waals surface area contributed by atoms with Crippen LogP contribution in [0.2, 0.25) is 0 Å². The molecule has 4 aromatic carbocycles. The Hall–Kier alpha value is -4.33. The minimum Gasteiger partial charge on any atom is -0.386 e. The van der Waals surface area contributed by atoms with Crippen molar-refractivity contribution in [2.24, 2.45) is 0 Å². The number of halogens is 1. The Balaban J connectivity index is 1.63. The summed E-state index contributed by atoms with van der Waals surface area (Å²) in [5.41, 5.74) is 2.64. The first-order chi connectivity index (χ1) is 19.9. The standard InChI is InChI=1S/C34H34FN3O3/c1-24-30(27-18-10-5-11-19-27)38(34(41)36(24)2)33(40)31(32(39)28-20-12-13-21-29(28)35)37(22-25-14-6-3-7-15-25)23-26-16-8-4-9-17-26/h3-21,24,30-32,39H,22-23H2,1-2H3/t24-,30-,31-,32+/m0/s1. The Kier molecular flexibility index (Phi) is 8.57. The Morgan fingerprint density at radius 1 is 0.829 bits per heavy atom. The van der Waals surface area contributed by atoms with Gasteiger partial charge in [-0.15, -0.1) is 0 Å². The molecule has 210 valence electrons. The van der Waals surface area contributed by atoms with Crippen LogP contribution >= 0.6 is 0 Å². The first-order valence-corrected chi connectivity index (χ1v) is 13.8. The number of amides is 3. The number of carbonyl (C=O) groups excluding carboxylic acids is 2. The topological polar surface area (TPSA) is 64.1 Å². The average molecular weight is 552 g/mol. The summed E-state index contributed by atoms with van der Waals surface area (Å²) in [6, 6.07) is 32.0. The van der Waals surface area contributed by atoms with Gasteiger partial charge in [0.05, 0.1) is 12.1 Å². The maximum atomic E-state index is 15.1. The van der Waals surface area contributed by atoms with E-state index in [9.17, 15) is 14.7 Å². The summed E-state index contributed by atoms with van der Waals surface area (Å²) >= 11 is 0. The number of nitrogens with zero attached hydrogens (tertiary/aromatic N) is 3. The van der Waals surface area contributed by atoms with E-state index in [2.05, 4.69) is 0 Å². The normalized spacial score (nSPS) is 18.5. The van der Waals surface area contributed by atoms with Gasteiger partial charge in [0.2, 0.25) is 0 Å². The summed E-state index contributed by atoms with van der Waals surface area (Å²) < 4.78 is 15.1. The molecular weight excluding hydrogens is 517 g/mol. The maximum absolute atomic E-state index is 15.1. The highest BCUT2D eigenvalue weighted by Gasteiger charge is 2.50. The molecule has 0 saturated carbocycles. The number of rotatable bonds is 9. The fourth-order valence-electron chi connectivity index (χ4n) is 5.61. The molecule has 1 N–H and O–H groups in total. The van der Waals surface area contributed by atoms with Crippen molar-refractivity contribution >= 4 is 11.9 Å². The third-order valence-electron chi connectivity index (χ3n) is 7.86. The zero-order valence-electron chi connectivity index (χ0n) is 23.2. The molecule has 1 saturated heterocycles. The molecule has 41 heavy (non-hydrogen) atoms. The molecule has 1 heterocycles. The summed E-state index contributed by atoms with van der Waals surface area (Å²) in [4.78, 5) is 33.0. The van der Waals surface area contributed by atoms with Crippen molar-refractivity contribution in [3.63, 3.8) is 0 Å². The second-order valence-electron chi connectivity index (χ2n) is 10.5. The first kappa shape index (κ1) is 28.2. The minimum atomic E-state index is -1.54. The molecule has 0 bridgehead atoms. The van der Waals surface area contributed by atoms with E-state index in [1.54, 1.807) is 24.1 Å². The molecule has 1 aliphatic rings. The SMILES string of the molecule is C[C@H]1[C@@H](c2ccccc2)N(C(=O)[C@H]([C@H](O)c2ccccc2F)N(Cc2ccccc2)Cc2ccccc2)C(=O)N1C. The number of aliphatic hydroxyl groups is 1. The van der Waals surface area contributed by atoms with Gasteiger partial charge in [-0.1, -0.05) is 109 Å². The van der Waals surface area contributed by atoms with Crippen LogP contribution in [-0.4, -0.2) is 50.9 Å². The van der Waals surface area contributed by atoms with Crippen LogP contribution in [0.5, 0.6) is 0 Å². The zero-order chi connectivity index (χ0) is 28.9. The van der Waals surface area contributed by atoms with Gasteiger partial charge in [-0.2, -0.15) is 0 Å². The van der Waals surface area contributed by atoms with Crippen molar-refractivity contribution in [3.05, 3.63) is 143 Å². The van der Waals surface area contributed by atoms with Gasteiger partial charge < -0.3 is 10.0 Å². The predicted molar refractivity (Wildman–Crippen MR) is 156 cm³/mol. The van der Waals surface area contributed by atoms with Crippen molar-refractivity contribution in [3.8, 4) is 0 Å². The molecule has 0 aliphatic carbocycles. The van der Waals surface area contributed by atoms with Gasteiger partial charge in [0, 0.05) is 25.7 Å². The van der Waals surface area contributed by atoms with Crippen LogP contribution in [0, 0.1) is 5.82 Å². The number of likely N-dealkylation sites (N-methyl/N-ethyl adjacent to an activating group) is 1. The largest absolute Gasteiger partial charge is 0.386 e. The van der Waals surface area contributed by atoms with Gasteiger partial charge in [0.15, 0.2) is 0 Å². The second-order valence-corrected chi connectivity index (χ2v) is 10.5. The fraction of sp³-hybridized carbons (Fsp3) is 0.235. The number of carbonyl (C=O) groups is 2. The molecule has 4 aromatic rings. The van der Waals surface area contributed by atoms with Gasteiger partial charge in [0.1, 0.15) is 18.0 Å². The summed E-state index contributed by atoms with van der Waals surface area (Å²) in [7, 11) is 1.67. The van der Waals surface area contributed by atoms with Crippen LogP contribution in [0.4, 0.5) is 9.18 Å². The molecule has 4 atom stereocenters. The van der Waals surface area contributed by atoms with E-state index in [1.165, 1.54) is 17.0 Å². The molecule has 0 radical (unpaired) electrons. The minimum absolute atomic E-state index is 0.00119. The molecular formula is C34H34FN3O3. The van der Waals surface area contributed by atoms with Crippen LogP contribution < -0.4 is 0 Å².